The molecule has 1 rings (SSSR count). The predicted molar refractivity (Wildman–Crippen MR) is 108 cm³/mol. The zero-order chi connectivity index (χ0) is 21.2. The molecule has 0 radical (unpaired) electrons. The third-order valence-corrected chi connectivity index (χ3v) is 3.97. The number of anilines is 1. The summed E-state index contributed by atoms with van der Waals surface area (Å²) in [6, 6.07) is 7.63. The molecule has 0 heterocycles. The summed E-state index contributed by atoms with van der Waals surface area (Å²) in [7, 11) is 0. The average molecular weight is 392 g/mol. The molecule has 2 amide bonds. The average Bonchev–Trinajstić information content (AvgIpc) is 2.62. The number of hydrogen-bond donors (Lipinski definition) is 2. The molecule has 0 spiro atoms. The van der Waals surface area contributed by atoms with Crippen molar-refractivity contribution in [2.75, 3.05) is 18.5 Å². The Kier molecular flexibility index (Phi) is 9.48. The normalized spacial score (nSPS) is 12.0. The second-order valence-electron chi connectivity index (χ2n) is 7.67. The molecule has 156 valence electrons. The highest BCUT2D eigenvalue weighted by Gasteiger charge is 2.15. The molecule has 0 fully saturated rings. The van der Waals surface area contributed by atoms with E-state index in [9.17, 15) is 14.4 Å². The highest BCUT2D eigenvalue weighted by molar-refractivity contribution is 5.92. The van der Waals surface area contributed by atoms with Gasteiger partial charge >= 0.3 is 12.1 Å². The number of hydrogen-bond acceptors (Lipinski definition) is 5. The van der Waals surface area contributed by atoms with Crippen molar-refractivity contribution in [2.24, 2.45) is 0 Å². The lowest BCUT2D eigenvalue weighted by atomic mass is 9.99. The molecular formula is C21H32N2O5. The van der Waals surface area contributed by atoms with Crippen molar-refractivity contribution in [3.8, 4) is 0 Å². The molecule has 28 heavy (non-hydrogen) atoms. The van der Waals surface area contributed by atoms with Gasteiger partial charge in [0, 0.05) is 18.7 Å². The molecule has 1 aromatic rings. The summed E-state index contributed by atoms with van der Waals surface area (Å²) >= 11 is 0. The molecule has 0 aliphatic rings. The largest absolute Gasteiger partial charge is 0.456 e. The lowest BCUT2D eigenvalue weighted by molar-refractivity contribution is -0.147. The fraction of sp³-hybridized carbons (Fsp3) is 0.571. The van der Waals surface area contributed by atoms with Gasteiger partial charge in [0.15, 0.2) is 6.61 Å². The quantitative estimate of drug-likeness (QED) is 0.490. The first-order chi connectivity index (χ1) is 13.1. The van der Waals surface area contributed by atoms with Crippen LogP contribution in [-0.2, 0) is 19.1 Å². The van der Waals surface area contributed by atoms with Crippen molar-refractivity contribution >= 4 is 23.7 Å². The Morgan fingerprint density at radius 3 is 2.32 bits per heavy atom. The van der Waals surface area contributed by atoms with Gasteiger partial charge in [-0.2, -0.15) is 0 Å². The number of carbonyl (C=O) groups excluding carboxylic acids is 3. The zero-order valence-electron chi connectivity index (χ0n) is 17.5. The summed E-state index contributed by atoms with van der Waals surface area (Å²) in [5.74, 6) is -0.416. The Labute approximate surface area is 167 Å². The van der Waals surface area contributed by atoms with E-state index >= 15 is 0 Å². The molecular weight excluding hydrogens is 360 g/mol. The van der Waals surface area contributed by atoms with E-state index in [1.165, 1.54) is 5.56 Å². The minimum atomic E-state index is -0.565. The maximum Gasteiger partial charge on any atom is 0.407 e. The first-order valence-electron chi connectivity index (χ1n) is 9.63. The van der Waals surface area contributed by atoms with Crippen LogP contribution in [-0.4, -0.2) is 36.7 Å². The molecule has 0 aromatic heterocycles. The van der Waals surface area contributed by atoms with Crippen molar-refractivity contribution in [3.05, 3.63) is 29.8 Å². The van der Waals surface area contributed by atoms with Crippen LogP contribution in [0, 0.1) is 0 Å². The monoisotopic (exact) mass is 392 g/mol. The summed E-state index contributed by atoms with van der Waals surface area (Å²) < 4.78 is 10.0. The van der Waals surface area contributed by atoms with Crippen molar-refractivity contribution < 1.29 is 23.9 Å². The van der Waals surface area contributed by atoms with Gasteiger partial charge in [0.2, 0.25) is 0 Å². The third-order valence-electron chi connectivity index (χ3n) is 3.97. The maximum absolute atomic E-state index is 11.9. The Morgan fingerprint density at radius 2 is 1.75 bits per heavy atom. The molecule has 1 atom stereocenters. The SMILES string of the molecule is CC[C@@H](C)c1ccc(NC(=O)COC(=O)CCCNC(=O)OC(C)(C)C)cc1. The van der Waals surface area contributed by atoms with Crippen LogP contribution in [0.5, 0.6) is 0 Å². The number of benzene rings is 1. The van der Waals surface area contributed by atoms with Gasteiger partial charge in [-0.05, 0) is 57.2 Å². The second-order valence-corrected chi connectivity index (χ2v) is 7.67. The number of amides is 2. The fourth-order valence-electron chi connectivity index (χ4n) is 2.28. The zero-order valence-corrected chi connectivity index (χ0v) is 17.5. The summed E-state index contributed by atoms with van der Waals surface area (Å²) in [6.07, 6.45) is 1.03. The third kappa shape index (κ3) is 9.94. The predicted octanol–water partition coefficient (Wildman–Crippen LogP) is 3.99. The number of carbonyl (C=O) groups is 3. The van der Waals surface area contributed by atoms with E-state index < -0.39 is 23.6 Å². The minimum Gasteiger partial charge on any atom is -0.456 e. The lowest BCUT2D eigenvalue weighted by Gasteiger charge is -2.19. The number of rotatable bonds is 9. The molecule has 0 saturated carbocycles. The van der Waals surface area contributed by atoms with Crippen LogP contribution < -0.4 is 10.6 Å². The molecule has 7 nitrogen and oxygen atoms in total. The lowest BCUT2D eigenvalue weighted by Crippen LogP contribution is -2.33. The summed E-state index contributed by atoms with van der Waals surface area (Å²) in [5.41, 5.74) is 1.31. The molecule has 0 saturated heterocycles. The first-order valence-corrected chi connectivity index (χ1v) is 9.63. The van der Waals surface area contributed by atoms with E-state index in [2.05, 4.69) is 24.5 Å². The van der Waals surface area contributed by atoms with Gasteiger partial charge in [-0.3, -0.25) is 9.59 Å². The highest BCUT2D eigenvalue weighted by Crippen LogP contribution is 2.20. The summed E-state index contributed by atoms with van der Waals surface area (Å²) in [4.78, 5) is 35.0. The van der Waals surface area contributed by atoms with Crippen molar-refractivity contribution in [1.82, 2.24) is 5.32 Å². The second kappa shape index (κ2) is 11.3. The van der Waals surface area contributed by atoms with Gasteiger partial charge in [0.25, 0.3) is 5.91 Å². The van der Waals surface area contributed by atoms with Gasteiger partial charge < -0.3 is 20.1 Å². The first kappa shape index (κ1) is 23.5. The van der Waals surface area contributed by atoms with E-state index in [-0.39, 0.29) is 13.0 Å². The number of ether oxygens (including phenoxy) is 2. The summed E-state index contributed by atoms with van der Waals surface area (Å²) in [6.45, 7) is 9.54. The molecule has 0 aliphatic carbocycles. The molecule has 1 aromatic carbocycles. The molecule has 2 N–H and O–H groups in total. The van der Waals surface area contributed by atoms with Gasteiger partial charge in [0.1, 0.15) is 5.60 Å². The number of esters is 1. The van der Waals surface area contributed by atoms with Crippen LogP contribution in [0.3, 0.4) is 0 Å². The van der Waals surface area contributed by atoms with Crippen LogP contribution >= 0.6 is 0 Å². The van der Waals surface area contributed by atoms with Crippen LogP contribution in [0.4, 0.5) is 10.5 Å². The van der Waals surface area contributed by atoms with Crippen LogP contribution in [0.25, 0.3) is 0 Å². The van der Waals surface area contributed by atoms with E-state index in [1.807, 2.05) is 24.3 Å². The van der Waals surface area contributed by atoms with Crippen LogP contribution in [0.2, 0.25) is 0 Å². The van der Waals surface area contributed by atoms with E-state index in [4.69, 9.17) is 9.47 Å². The van der Waals surface area contributed by atoms with E-state index in [0.29, 0.717) is 24.6 Å². The Balaban J connectivity index is 2.22. The Morgan fingerprint density at radius 1 is 1.11 bits per heavy atom. The summed E-state index contributed by atoms with van der Waals surface area (Å²) in [5, 5.41) is 5.26. The number of alkyl carbamates (subject to hydrolysis) is 1. The molecule has 0 aliphatic heterocycles. The Bertz CT molecular complexity index is 650. The molecule has 7 heteroatoms. The van der Waals surface area contributed by atoms with Gasteiger partial charge in [-0.1, -0.05) is 26.0 Å². The standard InChI is InChI=1S/C21H32N2O5/c1-6-15(2)16-9-11-17(12-10-16)23-18(24)14-27-19(25)8-7-13-22-20(26)28-21(3,4)5/h9-12,15H,6-8,13-14H2,1-5H3,(H,22,26)(H,23,24)/t15-/m1/s1. The molecule has 0 bridgehead atoms. The Hall–Kier alpha value is -2.57. The minimum absolute atomic E-state index is 0.104. The maximum atomic E-state index is 11.9. The van der Waals surface area contributed by atoms with Gasteiger partial charge in [-0.25, -0.2) is 4.79 Å². The van der Waals surface area contributed by atoms with Crippen LogP contribution in [0.1, 0.15) is 65.4 Å². The smallest absolute Gasteiger partial charge is 0.407 e. The number of nitrogens with one attached hydrogen (secondary N) is 2. The van der Waals surface area contributed by atoms with Gasteiger partial charge in [-0.15, -0.1) is 0 Å². The topological polar surface area (TPSA) is 93.7 Å². The van der Waals surface area contributed by atoms with E-state index in [0.717, 1.165) is 6.42 Å². The van der Waals surface area contributed by atoms with Crippen molar-refractivity contribution in [3.63, 3.8) is 0 Å². The van der Waals surface area contributed by atoms with Crippen molar-refractivity contribution in [1.29, 1.82) is 0 Å². The molecule has 0 unspecified atom stereocenters. The highest BCUT2D eigenvalue weighted by atomic mass is 16.6. The van der Waals surface area contributed by atoms with Crippen molar-refractivity contribution in [2.45, 2.75) is 65.4 Å². The fourth-order valence-corrected chi connectivity index (χ4v) is 2.28. The van der Waals surface area contributed by atoms with E-state index in [1.54, 1.807) is 20.8 Å². The van der Waals surface area contributed by atoms with Crippen LogP contribution in [0.15, 0.2) is 24.3 Å². The van der Waals surface area contributed by atoms with Gasteiger partial charge in [0.05, 0.1) is 0 Å².